The van der Waals surface area contributed by atoms with Crippen molar-refractivity contribution in [2.45, 2.75) is 31.2 Å². The summed E-state index contributed by atoms with van der Waals surface area (Å²) in [6.45, 7) is 5.86. The summed E-state index contributed by atoms with van der Waals surface area (Å²) in [5.74, 6) is 1.93. The minimum atomic E-state index is -0.0319. The van der Waals surface area contributed by atoms with Crippen LogP contribution in [0.4, 0.5) is 0 Å². The zero-order valence-corrected chi connectivity index (χ0v) is 15.2. The summed E-state index contributed by atoms with van der Waals surface area (Å²) in [4.78, 5) is 0. The van der Waals surface area contributed by atoms with Gasteiger partial charge in [0.15, 0.2) is 10.8 Å². The summed E-state index contributed by atoms with van der Waals surface area (Å²) in [6.07, 6.45) is 0. The fraction of sp³-hybridized carbons (Fsp3) is 0.294. The number of aromatic nitrogens is 5. The Morgan fingerprint density at radius 3 is 2.68 bits per heavy atom. The summed E-state index contributed by atoms with van der Waals surface area (Å²) in [6, 6.07) is 8.06. The summed E-state index contributed by atoms with van der Waals surface area (Å²) >= 11 is 1.53. The number of nitrogens with zero attached hydrogens (tertiary/aromatic N) is 5. The number of thioether (sulfide) groups is 1. The maximum Gasteiger partial charge on any atom is 0.229 e. The molecule has 0 radical (unpaired) electrons. The van der Waals surface area contributed by atoms with Gasteiger partial charge in [0, 0.05) is 18.4 Å². The quantitative estimate of drug-likeness (QED) is 0.516. The van der Waals surface area contributed by atoms with Crippen molar-refractivity contribution in [1.29, 1.82) is 0 Å². The third-order valence-electron chi connectivity index (χ3n) is 4.05. The first-order chi connectivity index (χ1) is 12.1. The second-order valence-electron chi connectivity index (χ2n) is 5.81. The fourth-order valence-electron chi connectivity index (χ4n) is 2.79. The first-order valence-corrected chi connectivity index (χ1v) is 8.74. The van der Waals surface area contributed by atoms with E-state index in [4.69, 9.17) is 9.15 Å². The largest absolute Gasteiger partial charge is 0.497 e. The van der Waals surface area contributed by atoms with Gasteiger partial charge in [0.25, 0.3) is 0 Å². The maximum absolute atomic E-state index is 5.53. The molecule has 0 bridgehead atoms. The Balaban J connectivity index is 1.85. The van der Waals surface area contributed by atoms with Gasteiger partial charge in [0.05, 0.1) is 17.9 Å². The van der Waals surface area contributed by atoms with Crippen LogP contribution in [0.2, 0.25) is 0 Å². The van der Waals surface area contributed by atoms with Gasteiger partial charge in [-0.25, -0.2) is 0 Å². The van der Waals surface area contributed by atoms with Crippen LogP contribution in [0.15, 0.2) is 33.8 Å². The monoisotopic (exact) mass is 355 g/mol. The lowest BCUT2D eigenvalue weighted by Crippen LogP contribution is -1.96. The predicted octanol–water partition coefficient (Wildman–Crippen LogP) is 3.74. The van der Waals surface area contributed by atoms with Crippen molar-refractivity contribution >= 4 is 28.3 Å². The van der Waals surface area contributed by atoms with Crippen LogP contribution in [-0.2, 0) is 0 Å². The molecule has 1 unspecified atom stereocenters. The Bertz CT molecular complexity index is 1070. The number of ether oxygens (including phenoxy) is 1. The molecular weight excluding hydrogens is 338 g/mol. The Morgan fingerprint density at radius 2 is 1.96 bits per heavy atom. The molecular formula is C17H17N5O2S. The molecule has 0 fully saturated rings. The second kappa shape index (κ2) is 6.03. The molecule has 8 heteroatoms. The number of rotatable bonds is 4. The molecule has 0 saturated carbocycles. The van der Waals surface area contributed by atoms with Crippen LogP contribution in [0.25, 0.3) is 16.6 Å². The Morgan fingerprint density at radius 1 is 1.12 bits per heavy atom. The van der Waals surface area contributed by atoms with E-state index in [1.54, 1.807) is 14.0 Å². The number of pyridine rings is 1. The maximum atomic E-state index is 5.53. The van der Waals surface area contributed by atoms with Gasteiger partial charge in [-0.1, -0.05) is 11.8 Å². The molecule has 1 aromatic carbocycles. The van der Waals surface area contributed by atoms with Crippen LogP contribution in [0.5, 0.6) is 5.75 Å². The van der Waals surface area contributed by atoms with Gasteiger partial charge in [-0.2, -0.15) is 0 Å². The van der Waals surface area contributed by atoms with E-state index in [1.165, 1.54) is 11.8 Å². The molecule has 1 atom stereocenters. The van der Waals surface area contributed by atoms with Crippen LogP contribution in [0.3, 0.4) is 0 Å². The first-order valence-electron chi connectivity index (χ1n) is 7.86. The van der Waals surface area contributed by atoms with E-state index in [-0.39, 0.29) is 5.25 Å². The van der Waals surface area contributed by atoms with Crippen LogP contribution in [0.1, 0.15) is 29.5 Å². The van der Waals surface area contributed by atoms with Crippen molar-refractivity contribution in [1.82, 2.24) is 24.8 Å². The molecule has 0 aliphatic heterocycles. The van der Waals surface area contributed by atoms with Gasteiger partial charge >= 0.3 is 0 Å². The molecule has 25 heavy (non-hydrogen) atoms. The van der Waals surface area contributed by atoms with E-state index < -0.39 is 0 Å². The summed E-state index contributed by atoms with van der Waals surface area (Å²) < 4.78 is 13.0. The van der Waals surface area contributed by atoms with Crippen molar-refractivity contribution in [2.24, 2.45) is 0 Å². The van der Waals surface area contributed by atoms with E-state index in [0.717, 1.165) is 33.0 Å². The molecule has 0 saturated heterocycles. The number of hydrogen-bond donors (Lipinski definition) is 0. The summed E-state index contributed by atoms with van der Waals surface area (Å²) in [7, 11) is 1.66. The van der Waals surface area contributed by atoms with Gasteiger partial charge in [-0.3, -0.25) is 4.40 Å². The number of aryl methyl sites for hydroxylation is 2. The zero-order chi connectivity index (χ0) is 17.6. The molecule has 0 N–H and O–H groups in total. The first kappa shape index (κ1) is 15.9. The lowest BCUT2D eigenvalue weighted by atomic mass is 10.1. The average molecular weight is 355 g/mol. The molecule has 0 amide bonds. The standard InChI is InChI=1S/C17H17N5O2S/c1-9-7-15-19-21-17(25-10(2)16-20-18-11(3)24-16)22(15)14-8-12(23-4)5-6-13(9)14/h5-8,10H,1-4H3. The highest BCUT2D eigenvalue weighted by atomic mass is 32.2. The van der Waals surface area contributed by atoms with E-state index in [9.17, 15) is 0 Å². The molecule has 4 rings (SSSR count). The van der Waals surface area contributed by atoms with Crippen molar-refractivity contribution in [3.8, 4) is 5.75 Å². The number of methoxy groups -OCH3 is 1. The smallest absolute Gasteiger partial charge is 0.229 e. The highest BCUT2D eigenvalue weighted by molar-refractivity contribution is 7.99. The van der Waals surface area contributed by atoms with Crippen LogP contribution < -0.4 is 4.74 Å². The molecule has 128 valence electrons. The molecule has 4 aromatic rings. The highest BCUT2D eigenvalue weighted by Crippen LogP contribution is 2.35. The second-order valence-corrected chi connectivity index (χ2v) is 7.11. The minimum absolute atomic E-state index is 0.0319. The molecule has 0 aliphatic carbocycles. The predicted molar refractivity (Wildman–Crippen MR) is 95.1 cm³/mol. The van der Waals surface area contributed by atoms with Crippen molar-refractivity contribution in [3.63, 3.8) is 0 Å². The minimum Gasteiger partial charge on any atom is -0.497 e. The van der Waals surface area contributed by atoms with Crippen LogP contribution in [-0.4, -0.2) is 31.9 Å². The Labute approximate surface area is 148 Å². The van der Waals surface area contributed by atoms with Crippen molar-refractivity contribution in [2.75, 3.05) is 7.11 Å². The molecule has 0 spiro atoms. The van der Waals surface area contributed by atoms with Gasteiger partial charge in [0.2, 0.25) is 11.8 Å². The van der Waals surface area contributed by atoms with Gasteiger partial charge in [-0.05, 0) is 37.6 Å². The van der Waals surface area contributed by atoms with Gasteiger partial charge < -0.3 is 9.15 Å². The molecule has 3 aromatic heterocycles. The molecule has 3 heterocycles. The van der Waals surface area contributed by atoms with Gasteiger partial charge in [-0.15, -0.1) is 20.4 Å². The van der Waals surface area contributed by atoms with E-state index in [0.29, 0.717) is 11.8 Å². The molecule has 0 aliphatic rings. The Hall–Kier alpha value is -2.61. The lowest BCUT2D eigenvalue weighted by molar-refractivity contribution is 0.415. The van der Waals surface area contributed by atoms with E-state index in [1.807, 2.05) is 29.5 Å². The summed E-state index contributed by atoms with van der Waals surface area (Å²) in [5, 5.41) is 18.5. The fourth-order valence-corrected chi connectivity index (χ4v) is 3.69. The third kappa shape index (κ3) is 2.72. The SMILES string of the molecule is COc1ccc2c(C)cc3nnc(SC(C)c4nnc(C)o4)n3c2c1. The average Bonchev–Trinajstić information content (AvgIpc) is 3.21. The number of benzene rings is 1. The van der Waals surface area contributed by atoms with Crippen molar-refractivity contribution < 1.29 is 9.15 Å². The zero-order valence-electron chi connectivity index (χ0n) is 14.3. The topological polar surface area (TPSA) is 78.3 Å². The van der Waals surface area contributed by atoms with E-state index in [2.05, 4.69) is 33.4 Å². The third-order valence-corrected chi connectivity index (χ3v) is 5.08. The lowest BCUT2D eigenvalue weighted by Gasteiger charge is -2.10. The number of fused-ring (bicyclic) bond motifs is 3. The van der Waals surface area contributed by atoms with E-state index >= 15 is 0 Å². The van der Waals surface area contributed by atoms with Crippen molar-refractivity contribution in [3.05, 3.63) is 41.6 Å². The van der Waals surface area contributed by atoms with Gasteiger partial charge in [0.1, 0.15) is 5.75 Å². The van der Waals surface area contributed by atoms with Crippen LogP contribution >= 0.6 is 11.8 Å². The summed E-state index contributed by atoms with van der Waals surface area (Å²) in [5.41, 5.74) is 2.96. The number of hydrogen-bond acceptors (Lipinski definition) is 7. The Kier molecular flexibility index (Phi) is 3.84. The van der Waals surface area contributed by atoms with Crippen LogP contribution in [0, 0.1) is 13.8 Å². The normalized spacial score (nSPS) is 12.8. The molecule has 7 nitrogen and oxygen atoms in total. The highest BCUT2D eigenvalue weighted by Gasteiger charge is 2.19.